The molecule has 4 aromatic carbocycles. The van der Waals surface area contributed by atoms with Crippen molar-refractivity contribution in [2.75, 3.05) is 5.32 Å². The van der Waals surface area contributed by atoms with Crippen LogP contribution in [0.2, 0.25) is 0 Å². The molecule has 1 amide bonds. The van der Waals surface area contributed by atoms with Gasteiger partial charge in [0.05, 0.1) is 17.0 Å². The lowest BCUT2D eigenvalue weighted by Crippen LogP contribution is -2.13. The van der Waals surface area contributed by atoms with Crippen molar-refractivity contribution in [2.24, 2.45) is 0 Å². The second-order valence-corrected chi connectivity index (χ2v) is 7.54. The first kappa shape index (κ1) is 19.6. The Morgan fingerprint density at radius 2 is 0.969 bits per heavy atom. The molecule has 0 spiro atoms. The van der Waals surface area contributed by atoms with Crippen LogP contribution in [0.3, 0.4) is 0 Å². The van der Waals surface area contributed by atoms with Crippen LogP contribution in [0.15, 0.2) is 121 Å². The van der Waals surface area contributed by atoms with Gasteiger partial charge in [-0.25, -0.2) is 0 Å². The van der Waals surface area contributed by atoms with Crippen LogP contribution >= 0.6 is 0 Å². The first-order valence-corrected chi connectivity index (χ1v) is 10.6. The molecule has 3 heteroatoms. The molecule has 2 N–H and O–H groups in total. The second-order valence-electron chi connectivity index (χ2n) is 7.54. The number of rotatable bonds is 5. The zero-order valence-electron chi connectivity index (χ0n) is 17.5. The van der Waals surface area contributed by atoms with Gasteiger partial charge in [0, 0.05) is 11.3 Å². The number of para-hydroxylation sites is 1. The SMILES string of the molecule is O=C(Nc1ccccc1)c1c(-c2ccccc2)[nH]c(-c2ccccc2)c1-c1ccccc1. The van der Waals surface area contributed by atoms with Crippen molar-refractivity contribution in [1.29, 1.82) is 0 Å². The van der Waals surface area contributed by atoms with Gasteiger partial charge in [-0.3, -0.25) is 4.79 Å². The molecule has 0 saturated carbocycles. The molecule has 154 valence electrons. The molecule has 0 unspecified atom stereocenters. The smallest absolute Gasteiger partial charge is 0.258 e. The first-order valence-electron chi connectivity index (χ1n) is 10.6. The molecular formula is C29H22N2O. The number of amides is 1. The molecule has 0 radical (unpaired) electrons. The Morgan fingerprint density at radius 3 is 1.50 bits per heavy atom. The van der Waals surface area contributed by atoms with E-state index in [1.165, 1.54) is 0 Å². The quantitative estimate of drug-likeness (QED) is 0.312. The van der Waals surface area contributed by atoms with Gasteiger partial charge in [0.15, 0.2) is 0 Å². The van der Waals surface area contributed by atoms with Crippen molar-refractivity contribution in [3.8, 4) is 33.6 Å². The average Bonchev–Trinajstić information content (AvgIpc) is 3.27. The number of nitrogens with one attached hydrogen (secondary N) is 2. The number of hydrogen-bond acceptors (Lipinski definition) is 1. The van der Waals surface area contributed by atoms with Gasteiger partial charge >= 0.3 is 0 Å². The molecule has 0 fully saturated rings. The minimum atomic E-state index is -0.146. The molecule has 1 heterocycles. The van der Waals surface area contributed by atoms with Crippen LogP contribution in [0.1, 0.15) is 10.4 Å². The molecule has 0 saturated heterocycles. The van der Waals surface area contributed by atoms with Crippen molar-refractivity contribution >= 4 is 11.6 Å². The normalized spacial score (nSPS) is 10.6. The van der Waals surface area contributed by atoms with Crippen LogP contribution in [0.4, 0.5) is 5.69 Å². The van der Waals surface area contributed by atoms with Crippen molar-refractivity contribution in [3.05, 3.63) is 127 Å². The van der Waals surface area contributed by atoms with Crippen molar-refractivity contribution in [2.45, 2.75) is 0 Å². The molecule has 5 rings (SSSR count). The van der Waals surface area contributed by atoms with Gasteiger partial charge in [-0.1, -0.05) is 109 Å². The molecule has 32 heavy (non-hydrogen) atoms. The molecule has 0 aliphatic carbocycles. The minimum Gasteiger partial charge on any atom is -0.353 e. The summed E-state index contributed by atoms with van der Waals surface area (Å²) in [6.07, 6.45) is 0. The molecule has 0 aliphatic heterocycles. The summed E-state index contributed by atoms with van der Waals surface area (Å²) in [6, 6.07) is 39.8. The molecule has 0 bridgehead atoms. The average molecular weight is 415 g/mol. The summed E-state index contributed by atoms with van der Waals surface area (Å²) in [5, 5.41) is 3.08. The zero-order valence-corrected chi connectivity index (χ0v) is 17.5. The van der Waals surface area contributed by atoms with Gasteiger partial charge < -0.3 is 10.3 Å². The third kappa shape index (κ3) is 3.84. The standard InChI is InChI=1S/C29H22N2O/c32-29(30-24-19-11-4-12-20-24)26-25(21-13-5-1-6-14-21)27(22-15-7-2-8-16-22)31-28(26)23-17-9-3-10-18-23/h1-20,31H,(H,30,32). The van der Waals surface area contributed by atoms with Crippen LogP contribution in [-0.4, -0.2) is 10.9 Å². The number of hydrogen-bond donors (Lipinski definition) is 2. The highest BCUT2D eigenvalue weighted by Gasteiger charge is 2.26. The number of aromatic nitrogens is 1. The molecule has 0 aliphatic rings. The van der Waals surface area contributed by atoms with Crippen molar-refractivity contribution in [1.82, 2.24) is 4.98 Å². The third-order valence-electron chi connectivity index (χ3n) is 5.45. The molecule has 1 aromatic heterocycles. The molecular weight excluding hydrogens is 392 g/mol. The second kappa shape index (κ2) is 8.78. The van der Waals surface area contributed by atoms with Crippen LogP contribution in [0.5, 0.6) is 0 Å². The monoisotopic (exact) mass is 414 g/mol. The van der Waals surface area contributed by atoms with E-state index in [1.54, 1.807) is 0 Å². The van der Waals surface area contributed by atoms with Crippen LogP contribution in [0, 0.1) is 0 Å². The Morgan fingerprint density at radius 1 is 0.531 bits per heavy atom. The highest BCUT2D eigenvalue weighted by molar-refractivity contribution is 6.15. The van der Waals surface area contributed by atoms with Crippen LogP contribution < -0.4 is 5.32 Å². The summed E-state index contributed by atoms with van der Waals surface area (Å²) >= 11 is 0. The predicted molar refractivity (Wildman–Crippen MR) is 131 cm³/mol. The lowest BCUT2D eigenvalue weighted by atomic mass is 9.95. The maximum absolute atomic E-state index is 13.7. The predicted octanol–water partition coefficient (Wildman–Crippen LogP) is 7.27. The molecule has 3 nitrogen and oxygen atoms in total. The van der Waals surface area contributed by atoms with Gasteiger partial charge in [0.2, 0.25) is 0 Å². The fourth-order valence-corrected chi connectivity index (χ4v) is 3.98. The number of carbonyl (C=O) groups excluding carboxylic acids is 1. The van der Waals surface area contributed by atoms with E-state index in [0.29, 0.717) is 5.56 Å². The lowest BCUT2D eigenvalue weighted by molar-refractivity contribution is 0.102. The van der Waals surface area contributed by atoms with Crippen LogP contribution in [-0.2, 0) is 0 Å². The Kier molecular flexibility index (Phi) is 5.38. The van der Waals surface area contributed by atoms with Gasteiger partial charge in [0.25, 0.3) is 5.91 Å². The zero-order chi connectivity index (χ0) is 21.8. The Bertz CT molecular complexity index is 1330. The van der Waals surface area contributed by atoms with E-state index in [-0.39, 0.29) is 5.91 Å². The summed E-state index contributed by atoms with van der Waals surface area (Å²) in [4.78, 5) is 17.3. The topological polar surface area (TPSA) is 44.9 Å². The molecule has 0 atom stereocenters. The number of aromatic amines is 1. The van der Waals surface area contributed by atoms with Gasteiger partial charge in [-0.15, -0.1) is 0 Å². The molecule has 5 aromatic rings. The van der Waals surface area contributed by atoms with Gasteiger partial charge in [0.1, 0.15) is 0 Å². The van der Waals surface area contributed by atoms with Crippen molar-refractivity contribution < 1.29 is 4.79 Å². The maximum Gasteiger partial charge on any atom is 0.258 e. The fourth-order valence-electron chi connectivity index (χ4n) is 3.98. The number of H-pyrrole nitrogens is 1. The lowest BCUT2D eigenvalue weighted by Gasteiger charge is -2.11. The number of benzene rings is 4. The summed E-state index contributed by atoms with van der Waals surface area (Å²) in [5.41, 5.74) is 6.99. The van der Waals surface area contributed by atoms with E-state index in [4.69, 9.17) is 0 Å². The first-order chi connectivity index (χ1) is 15.8. The van der Waals surface area contributed by atoms with Crippen molar-refractivity contribution in [3.63, 3.8) is 0 Å². The largest absolute Gasteiger partial charge is 0.353 e. The van der Waals surface area contributed by atoms with E-state index < -0.39 is 0 Å². The van der Waals surface area contributed by atoms with E-state index >= 15 is 0 Å². The maximum atomic E-state index is 13.7. The summed E-state index contributed by atoms with van der Waals surface area (Å²) < 4.78 is 0. The summed E-state index contributed by atoms with van der Waals surface area (Å²) in [5.74, 6) is -0.146. The van der Waals surface area contributed by atoms with Gasteiger partial charge in [-0.2, -0.15) is 0 Å². The Labute approximate surface area is 187 Å². The van der Waals surface area contributed by atoms with E-state index in [1.807, 2.05) is 109 Å². The van der Waals surface area contributed by atoms with Gasteiger partial charge in [-0.05, 0) is 28.8 Å². The third-order valence-corrected chi connectivity index (χ3v) is 5.45. The Balaban J connectivity index is 1.77. The fraction of sp³-hybridized carbons (Fsp3) is 0. The van der Waals surface area contributed by atoms with E-state index in [2.05, 4.69) is 22.4 Å². The number of carbonyl (C=O) groups is 1. The van der Waals surface area contributed by atoms with Crippen LogP contribution in [0.25, 0.3) is 33.6 Å². The summed E-state index contributed by atoms with van der Waals surface area (Å²) in [6.45, 7) is 0. The van der Waals surface area contributed by atoms with E-state index in [9.17, 15) is 4.79 Å². The minimum absolute atomic E-state index is 0.146. The summed E-state index contributed by atoms with van der Waals surface area (Å²) in [7, 11) is 0. The number of anilines is 1. The Hall–Kier alpha value is -4.37. The van der Waals surface area contributed by atoms with E-state index in [0.717, 1.165) is 39.3 Å². The highest BCUT2D eigenvalue weighted by Crippen LogP contribution is 2.40. The highest BCUT2D eigenvalue weighted by atomic mass is 16.1.